The minimum Gasteiger partial charge on any atom is -0.462 e. The van der Waals surface area contributed by atoms with Crippen LogP contribution in [0.25, 0.3) is 0 Å². The van der Waals surface area contributed by atoms with Crippen LogP contribution in [0.4, 0.5) is 5.00 Å². The molecule has 0 aromatic carbocycles. The van der Waals surface area contributed by atoms with Crippen molar-refractivity contribution in [2.45, 2.75) is 58.7 Å². The van der Waals surface area contributed by atoms with Crippen LogP contribution in [0.1, 0.15) is 78.0 Å². The average Bonchev–Trinajstić information content (AvgIpc) is 3.21. The minimum absolute atomic E-state index is 0.0636. The Morgan fingerprint density at radius 1 is 1.23 bits per heavy atom. The lowest BCUT2D eigenvalue weighted by molar-refractivity contribution is -0.113. The number of nitrogens with zero attached hydrogens (tertiary/aromatic N) is 3. The maximum atomic E-state index is 12.6. The second-order valence-electron chi connectivity index (χ2n) is 7.14. The van der Waals surface area contributed by atoms with Crippen LogP contribution in [0, 0.1) is 6.92 Å². The first-order valence-electron chi connectivity index (χ1n) is 9.56. The second-order valence-corrected chi connectivity index (χ2v) is 9.10. The van der Waals surface area contributed by atoms with Crippen LogP contribution >= 0.6 is 23.1 Å². The highest BCUT2D eigenvalue weighted by atomic mass is 32.2. The molecule has 9 nitrogen and oxygen atoms in total. The Morgan fingerprint density at radius 2 is 1.90 bits per heavy atom. The van der Waals surface area contributed by atoms with Crippen LogP contribution in [0.5, 0.6) is 0 Å². The highest BCUT2D eigenvalue weighted by Gasteiger charge is 2.26. The third-order valence-electron chi connectivity index (χ3n) is 4.16. The van der Waals surface area contributed by atoms with Gasteiger partial charge in [-0.15, -0.1) is 21.5 Å². The summed E-state index contributed by atoms with van der Waals surface area (Å²) in [5, 5.41) is 12.1. The number of aromatic nitrogens is 3. The summed E-state index contributed by atoms with van der Waals surface area (Å²) in [4.78, 5) is 36.8. The molecule has 0 saturated heterocycles. The molecular weight excluding hydrogens is 426 g/mol. The van der Waals surface area contributed by atoms with Gasteiger partial charge in [0.05, 0.1) is 22.8 Å². The van der Waals surface area contributed by atoms with Crippen molar-refractivity contribution in [3.63, 3.8) is 0 Å². The van der Waals surface area contributed by atoms with E-state index in [1.165, 1.54) is 11.8 Å². The summed E-state index contributed by atoms with van der Waals surface area (Å²) in [6.07, 6.45) is 0. The SMILES string of the molecule is CCOC(=O)c1c(NC(=O)CSc2nnc(C(C)C)n2C(C)C)sc(C(N)=O)c1C. The Labute approximate surface area is 183 Å². The predicted octanol–water partition coefficient (Wildman–Crippen LogP) is 3.36. The van der Waals surface area contributed by atoms with Gasteiger partial charge in [0.2, 0.25) is 5.91 Å². The Bertz CT molecular complexity index is 949. The third-order valence-corrected chi connectivity index (χ3v) is 6.32. The summed E-state index contributed by atoms with van der Waals surface area (Å²) >= 11 is 2.22. The number of carbonyl (C=O) groups is 3. The Hall–Kier alpha value is -2.40. The van der Waals surface area contributed by atoms with Gasteiger partial charge in [-0.05, 0) is 33.3 Å². The first-order chi connectivity index (χ1) is 14.1. The highest BCUT2D eigenvalue weighted by molar-refractivity contribution is 7.99. The fraction of sp³-hybridized carbons (Fsp3) is 0.526. The van der Waals surface area contributed by atoms with Gasteiger partial charge >= 0.3 is 5.97 Å². The molecule has 0 atom stereocenters. The first kappa shape index (κ1) is 23.9. The summed E-state index contributed by atoms with van der Waals surface area (Å²) in [7, 11) is 0. The normalized spacial score (nSPS) is 11.2. The molecule has 2 rings (SSSR count). The van der Waals surface area contributed by atoms with Gasteiger partial charge in [0.1, 0.15) is 10.8 Å². The van der Waals surface area contributed by atoms with Crippen molar-refractivity contribution in [3.05, 3.63) is 21.8 Å². The van der Waals surface area contributed by atoms with Crippen LogP contribution in [0.2, 0.25) is 0 Å². The maximum Gasteiger partial charge on any atom is 0.341 e. The van der Waals surface area contributed by atoms with E-state index < -0.39 is 11.9 Å². The number of carbonyl (C=O) groups excluding carboxylic acids is 3. The van der Waals surface area contributed by atoms with Crippen molar-refractivity contribution in [1.82, 2.24) is 14.8 Å². The molecule has 164 valence electrons. The minimum atomic E-state index is -0.663. The lowest BCUT2D eigenvalue weighted by Crippen LogP contribution is -2.17. The number of thioether (sulfide) groups is 1. The summed E-state index contributed by atoms with van der Waals surface area (Å²) in [6, 6.07) is 0.149. The molecule has 0 saturated carbocycles. The van der Waals surface area contributed by atoms with E-state index in [4.69, 9.17) is 10.5 Å². The van der Waals surface area contributed by atoms with Gasteiger partial charge in [-0.1, -0.05) is 25.6 Å². The molecule has 2 aromatic heterocycles. The van der Waals surface area contributed by atoms with E-state index in [2.05, 4.69) is 15.5 Å². The zero-order valence-electron chi connectivity index (χ0n) is 17.9. The number of primary amides is 1. The molecule has 2 amide bonds. The van der Waals surface area contributed by atoms with E-state index in [0.29, 0.717) is 10.7 Å². The van der Waals surface area contributed by atoms with E-state index in [1.807, 2.05) is 32.3 Å². The Balaban J connectivity index is 2.20. The number of nitrogens with one attached hydrogen (secondary N) is 1. The lowest BCUT2D eigenvalue weighted by Gasteiger charge is -2.15. The van der Waals surface area contributed by atoms with Crippen LogP contribution in [0.3, 0.4) is 0 Å². The smallest absolute Gasteiger partial charge is 0.341 e. The molecule has 0 aliphatic heterocycles. The van der Waals surface area contributed by atoms with Crippen LogP contribution in [-0.4, -0.2) is 44.9 Å². The van der Waals surface area contributed by atoms with Crippen molar-refractivity contribution in [2.24, 2.45) is 5.73 Å². The molecule has 0 fully saturated rings. The molecule has 0 aliphatic carbocycles. The first-order valence-corrected chi connectivity index (χ1v) is 11.4. The number of nitrogens with two attached hydrogens (primary N) is 1. The number of anilines is 1. The number of amides is 2. The predicted molar refractivity (Wildman–Crippen MR) is 117 cm³/mol. The van der Waals surface area contributed by atoms with E-state index in [0.717, 1.165) is 17.2 Å². The maximum absolute atomic E-state index is 12.6. The standard InChI is InChI=1S/C19H27N5O4S2/c1-7-28-18(27)13-11(6)14(15(20)26)30-17(13)21-12(25)8-29-19-23-22-16(9(2)3)24(19)10(4)5/h9-10H,7-8H2,1-6H3,(H2,20,26)(H,21,25). The second kappa shape index (κ2) is 10.1. The molecule has 2 heterocycles. The summed E-state index contributed by atoms with van der Waals surface area (Å²) in [5.41, 5.74) is 5.94. The molecular formula is C19H27N5O4S2. The van der Waals surface area contributed by atoms with E-state index in [-0.39, 0.29) is 45.7 Å². The molecule has 0 bridgehead atoms. The van der Waals surface area contributed by atoms with Crippen molar-refractivity contribution in [1.29, 1.82) is 0 Å². The van der Waals surface area contributed by atoms with Crippen LogP contribution < -0.4 is 11.1 Å². The molecule has 0 unspecified atom stereocenters. The zero-order valence-corrected chi connectivity index (χ0v) is 19.6. The zero-order chi connectivity index (χ0) is 22.6. The topological polar surface area (TPSA) is 129 Å². The number of hydrogen-bond donors (Lipinski definition) is 2. The van der Waals surface area contributed by atoms with Gasteiger partial charge in [-0.3, -0.25) is 9.59 Å². The average molecular weight is 454 g/mol. The van der Waals surface area contributed by atoms with Crippen molar-refractivity contribution in [2.75, 3.05) is 17.7 Å². The number of thiophene rings is 1. The molecule has 11 heteroatoms. The van der Waals surface area contributed by atoms with E-state index >= 15 is 0 Å². The van der Waals surface area contributed by atoms with Crippen molar-refractivity contribution < 1.29 is 19.1 Å². The number of esters is 1. The van der Waals surface area contributed by atoms with Gasteiger partial charge in [0.25, 0.3) is 5.91 Å². The van der Waals surface area contributed by atoms with E-state index in [9.17, 15) is 14.4 Å². The molecule has 3 N–H and O–H groups in total. The highest BCUT2D eigenvalue weighted by Crippen LogP contribution is 2.34. The largest absolute Gasteiger partial charge is 0.462 e. The molecule has 0 radical (unpaired) electrons. The number of hydrogen-bond acceptors (Lipinski definition) is 8. The summed E-state index contributed by atoms with van der Waals surface area (Å²) in [5.74, 6) is -0.484. The molecule has 2 aromatic rings. The number of rotatable bonds is 9. The molecule has 0 aliphatic rings. The Morgan fingerprint density at radius 3 is 2.43 bits per heavy atom. The van der Waals surface area contributed by atoms with Gasteiger partial charge in [-0.2, -0.15) is 0 Å². The van der Waals surface area contributed by atoms with Gasteiger partial charge < -0.3 is 20.4 Å². The monoisotopic (exact) mass is 453 g/mol. The quantitative estimate of drug-likeness (QED) is 0.440. The van der Waals surface area contributed by atoms with Gasteiger partial charge in [0.15, 0.2) is 5.16 Å². The molecule has 30 heavy (non-hydrogen) atoms. The lowest BCUT2D eigenvalue weighted by atomic mass is 10.1. The fourth-order valence-corrected chi connectivity index (χ4v) is 4.78. The van der Waals surface area contributed by atoms with E-state index in [1.54, 1.807) is 13.8 Å². The van der Waals surface area contributed by atoms with Gasteiger partial charge in [-0.25, -0.2) is 4.79 Å². The summed E-state index contributed by atoms with van der Waals surface area (Å²) in [6.45, 7) is 11.6. The summed E-state index contributed by atoms with van der Waals surface area (Å²) < 4.78 is 7.07. The van der Waals surface area contributed by atoms with Gasteiger partial charge in [0, 0.05) is 12.0 Å². The third kappa shape index (κ3) is 5.20. The fourth-order valence-electron chi connectivity index (χ4n) is 2.84. The van der Waals surface area contributed by atoms with Crippen LogP contribution in [-0.2, 0) is 9.53 Å². The van der Waals surface area contributed by atoms with Crippen LogP contribution in [0.15, 0.2) is 5.16 Å². The Kier molecular flexibility index (Phi) is 8.02. The molecule has 0 spiro atoms. The number of ether oxygens (including phenoxy) is 1. The van der Waals surface area contributed by atoms with Crippen molar-refractivity contribution in [3.8, 4) is 0 Å². The van der Waals surface area contributed by atoms with Crippen molar-refractivity contribution >= 4 is 45.9 Å².